The smallest absolute Gasteiger partial charge is 0.240 e. The lowest BCUT2D eigenvalue weighted by atomic mass is 10.1. The van der Waals surface area contributed by atoms with Crippen molar-refractivity contribution >= 4 is 5.91 Å². The van der Waals surface area contributed by atoms with Crippen molar-refractivity contribution in [2.45, 2.75) is 52.1 Å². The molecule has 0 radical (unpaired) electrons. The number of likely N-dealkylation sites (N-methyl/N-ethyl adjacent to an activating group) is 1. The van der Waals surface area contributed by atoms with Crippen molar-refractivity contribution in [3.63, 3.8) is 0 Å². The third-order valence-electron chi connectivity index (χ3n) is 3.59. The Hall–Kier alpha value is -0.610. The normalized spacial score (nSPS) is 20.9. The average Bonchev–Trinajstić information content (AvgIpc) is 2.64. The highest BCUT2D eigenvalue weighted by atomic mass is 16.2. The Labute approximate surface area is 105 Å². The highest BCUT2D eigenvalue weighted by Crippen LogP contribution is 2.10. The number of amides is 1. The SMILES string of the molecule is CCCCC1NCN(CCN(C)C(C)C)C1=O. The van der Waals surface area contributed by atoms with Crippen LogP contribution in [0.4, 0.5) is 0 Å². The maximum absolute atomic E-state index is 12.0. The molecule has 0 aromatic carbocycles. The van der Waals surface area contributed by atoms with Crippen LogP contribution < -0.4 is 5.32 Å². The Morgan fingerprint density at radius 3 is 2.82 bits per heavy atom. The number of unbranched alkanes of at least 4 members (excludes halogenated alkanes) is 1. The van der Waals surface area contributed by atoms with E-state index < -0.39 is 0 Å². The van der Waals surface area contributed by atoms with Gasteiger partial charge in [0.1, 0.15) is 0 Å². The van der Waals surface area contributed by atoms with E-state index in [-0.39, 0.29) is 11.9 Å². The number of hydrogen-bond acceptors (Lipinski definition) is 3. The maximum atomic E-state index is 12.0. The molecule has 0 saturated carbocycles. The molecule has 1 rings (SSSR count). The van der Waals surface area contributed by atoms with Crippen molar-refractivity contribution in [1.29, 1.82) is 0 Å². The van der Waals surface area contributed by atoms with Gasteiger partial charge in [-0.1, -0.05) is 19.8 Å². The minimum atomic E-state index is 0.0688. The van der Waals surface area contributed by atoms with Gasteiger partial charge in [0.25, 0.3) is 0 Å². The van der Waals surface area contributed by atoms with Crippen molar-refractivity contribution in [3.05, 3.63) is 0 Å². The van der Waals surface area contributed by atoms with Crippen molar-refractivity contribution in [2.24, 2.45) is 0 Å². The fourth-order valence-electron chi connectivity index (χ4n) is 1.97. The highest BCUT2D eigenvalue weighted by Gasteiger charge is 2.29. The number of hydrogen-bond donors (Lipinski definition) is 1. The first-order valence-electron chi connectivity index (χ1n) is 6.78. The molecule has 0 bridgehead atoms. The number of nitrogens with one attached hydrogen (secondary N) is 1. The van der Waals surface area contributed by atoms with Crippen molar-refractivity contribution in [3.8, 4) is 0 Å². The molecule has 100 valence electrons. The predicted octanol–water partition coefficient (Wildman–Crippen LogP) is 1.27. The van der Waals surface area contributed by atoms with Crippen LogP contribution in [0.2, 0.25) is 0 Å². The molecule has 17 heavy (non-hydrogen) atoms. The molecular weight excluding hydrogens is 214 g/mol. The van der Waals surface area contributed by atoms with E-state index >= 15 is 0 Å². The largest absolute Gasteiger partial charge is 0.327 e. The molecule has 0 spiro atoms. The third-order valence-corrected chi connectivity index (χ3v) is 3.59. The first kappa shape index (κ1) is 14.5. The monoisotopic (exact) mass is 241 g/mol. The van der Waals surface area contributed by atoms with E-state index in [9.17, 15) is 4.79 Å². The molecule has 0 aromatic heterocycles. The number of carbonyl (C=O) groups is 1. The molecule has 4 nitrogen and oxygen atoms in total. The summed E-state index contributed by atoms with van der Waals surface area (Å²) in [5, 5.41) is 3.30. The summed E-state index contributed by atoms with van der Waals surface area (Å²) in [6.45, 7) is 9.02. The molecule has 1 aliphatic heterocycles. The lowest BCUT2D eigenvalue weighted by molar-refractivity contribution is -0.129. The van der Waals surface area contributed by atoms with Gasteiger partial charge in [-0.2, -0.15) is 0 Å². The zero-order valence-electron chi connectivity index (χ0n) is 11.7. The van der Waals surface area contributed by atoms with E-state index in [1.807, 2.05) is 4.90 Å². The molecule has 1 N–H and O–H groups in total. The Kier molecular flexibility index (Phi) is 5.92. The summed E-state index contributed by atoms with van der Waals surface area (Å²) in [5.41, 5.74) is 0. The fourth-order valence-corrected chi connectivity index (χ4v) is 1.97. The van der Waals surface area contributed by atoms with E-state index in [2.05, 4.69) is 38.0 Å². The molecular formula is C13H27N3O. The van der Waals surface area contributed by atoms with Crippen LogP contribution in [0.5, 0.6) is 0 Å². The van der Waals surface area contributed by atoms with E-state index in [1.165, 1.54) is 0 Å². The molecule has 1 saturated heterocycles. The first-order chi connectivity index (χ1) is 8.06. The summed E-state index contributed by atoms with van der Waals surface area (Å²) in [5.74, 6) is 0.288. The van der Waals surface area contributed by atoms with Gasteiger partial charge in [0.15, 0.2) is 0 Å². The van der Waals surface area contributed by atoms with Crippen molar-refractivity contribution in [1.82, 2.24) is 15.1 Å². The van der Waals surface area contributed by atoms with Crippen LogP contribution in [0.15, 0.2) is 0 Å². The van der Waals surface area contributed by atoms with Crippen LogP contribution in [-0.4, -0.2) is 54.6 Å². The maximum Gasteiger partial charge on any atom is 0.240 e. The number of nitrogens with zero attached hydrogens (tertiary/aromatic N) is 2. The number of rotatable bonds is 7. The Morgan fingerprint density at radius 1 is 1.53 bits per heavy atom. The Bertz CT molecular complexity index is 243. The Balaban J connectivity index is 2.30. The first-order valence-corrected chi connectivity index (χ1v) is 6.78. The molecule has 1 heterocycles. The van der Waals surface area contributed by atoms with Crippen LogP contribution in [0.25, 0.3) is 0 Å². The molecule has 0 aliphatic carbocycles. The second-order valence-electron chi connectivity index (χ2n) is 5.23. The van der Waals surface area contributed by atoms with Gasteiger partial charge in [-0.05, 0) is 27.3 Å². The van der Waals surface area contributed by atoms with Crippen LogP contribution in [0, 0.1) is 0 Å². The summed E-state index contributed by atoms with van der Waals surface area (Å²) in [4.78, 5) is 16.3. The molecule has 1 unspecified atom stereocenters. The van der Waals surface area contributed by atoms with E-state index in [0.717, 1.165) is 39.0 Å². The van der Waals surface area contributed by atoms with Gasteiger partial charge in [0.2, 0.25) is 5.91 Å². The summed E-state index contributed by atoms with van der Waals surface area (Å²) in [7, 11) is 2.10. The second kappa shape index (κ2) is 6.97. The van der Waals surface area contributed by atoms with Gasteiger partial charge < -0.3 is 9.80 Å². The fraction of sp³-hybridized carbons (Fsp3) is 0.923. The molecule has 1 amide bonds. The minimum Gasteiger partial charge on any atom is -0.327 e. The summed E-state index contributed by atoms with van der Waals surface area (Å²) >= 11 is 0. The van der Waals surface area contributed by atoms with Crippen molar-refractivity contribution in [2.75, 3.05) is 26.8 Å². The van der Waals surface area contributed by atoms with Crippen LogP contribution in [0.1, 0.15) is 40.0 Å². The van der Waals surface area contributed by atoms with E-state index in [4.69, 9.17) is 0 Å². The summed E-state index contributed by atoms with van der Waals surface area (Å²) < 4.78 is 0. The second-order valence-corrected chi connectivity index (χ2v) is 5.23. The van der Waals surface area contributed by atoms with Crippen LogP contribution in [-0.2, 0) is 4.79 Å². The standard InChI is InChI=1S/C13H27N3O/c1-5-6-7-12-13(17)16(10-14-12)9-8-15(4)11(2)3/h11-12,14H,5-10H2,1-4H3. The van der Waals surface area contributed by atoms with Gasteiger partial charge in [-0.3, -0.25) is 10.1 Å². The van der Waals surface area contributed by atoms with Gasteiger partial charge in [0, 0.05) is 19.1 Å². The minimum absolute atomic E-state index is 0.0688. The topological polar surface area (TPSA) is 35.6 Å². The van der Waals surface area contributed by atoms with Crippen molar-refractivity contribution < 1.29 is 4.79 Å². The molecule has 1 atom stereocenters. The quantitative estimate of drug-likeness (QED) is 0.729. The van der Waals surface area contributed by atoms with E-state index in [0.29, 0.717) is 6.04 Å². The van der Waals surface area contributed by atoms with Gasteiger partial charge in [-0.25, -0.2) is 0 Å². The zero-order valence-corrected chi connectivity index (χ0v) is 11.7. The lowest BCUT2D eigenvalue weighted by Crippen LogP contribution is -2.38. The van der Waals surface area contributed by atoms with Gasteiger partial charge in [-0.15, -0.1) is 0 Å². The van der Waals surface area contributed by atoms with Crippen LogP contribution in [0.3, 0.4) is 0 Å². The predicted molar refractivity (Wildman–Crippen MR) is 70.8 cm³/mol. The summed E-state index contributed by atoms with van der Waals surface area (Å²) in [6, 6.07) is 0.607. The lowest BCUT2D eigenvalue weighted by Gasteiger charge is -2.24. The average molecular weight is 241 g/mol. The van der Waals surface area contributed by atoms with Crippen LogP contribution >= 0.6 is 0 Å². The van der Waals surface area contributed by atoms with Gasteiger partial charge >= 0.3 is 0 Å². The number of carbonyl (C=O) groups excluding carboxylic acids is 1. The molecule has 1 aliphatic rings. The highest BCUT2D eigenvalue weighted by molar-refractivity contribution is 5.83. The zero-order chi connectivity index (χ0) is 12.8. The van der Waals surface area contributed by atoms with Gasteiger partial charge in [0.05, 0.1) is 12.7 Å². The molecule has 0 aromatic rings. The summed E-state index contributed by atoms with van der Waals surface area (Å²) in [6.07, 6.45) is 3.26. The third kappa shape index (κ3) is 4.28. The molecule has 4 heteroatoms. The van der Waals surface area contributed by atoms with E-state index in [1.54, 1.807) is 0 Å². The molecule has 1 fully saturated rings. The Morgan fingerprint density at radius 2 is 2.24 bits per heavy atom.